The SMILES string of the molecule is C=C(C)C1CC[C@]2(C(=O)OCC(O)CO)CC[C@]3(C)C(CCC4[C@@]5(C)CC[C@H](O)[C@H](C)C5CC[C@]43C)C12. The van der Waals surface area contributed by atoms with Crippen LogP contribution in [-0.2, 0) is 9.53 Å². The number of hydrogen-bond acceptors (Lipinski definition) is 5. The van der Waals surface area contributed by atoms with E-state index in [1.54, 1.807) is 0 Å². The molecule has 0 aromatic rings. The van der Waals surface area contributed by atoms with Crippen molar-refractivity contribution in [3.05, 3.63) is 12.2 Å². The molecule has 210 valence electrons. The summed E-state index contributed by atoms with van der Waals surface area (Å²) in [6, 6.07) is 0. The molecule has 5 aliphatic rings. The minimum Gasteiger partial charge on any atom is -0.462 e. The number of ether oxygens (including phenoxy) is 1. The van der Waals surface area contributed by atoms with Crippen LogP contribution in [0.5, 0.6) is 0 Å². The summed E-state index contributed by atoms with van der Waals surface area (Å²) < 4.78 is 5.72. The summed E-state index contributed by atoms with van der Waals surface area (Å²) in [5.41, 5.74) is 1.33. The lowest BCUT2D eigenvalue weighted by Gasteiger charge is -2.71. The maximum Gasteiger partial charge on any atom is 0.312 e. The normalized spacial score (nSPS) is 51.7. The van der Waals surface area contributed by atoms with Crippen molar-refractivity contribution in [2.24, 2.45) is 57.2 Å². The second kappa shape index (κ2) is 9.34. The Labute approximate surface area is 224 Å². The van der Waals surface area contributed by atoms with Gasteiger partial charge in [-0.25, -0.2) is 0 Å². The molecule has 5 nitrogen and oxygen atoms in total. The van der Waals surface area contributed by atoms with Gasteiger partial charge in [0.1, 0.15) is 12.7 Å². The fourth-order valence-electron chi connectivity index (χ4n) is 11.5. The third-order valence-electron chi connectivity index (χ3n) is 13.7. The number of fused-ring (bicyclic) bond motifs is 7. The highest BCUT2D eigenvalue weighted by atomic mass is 16.5. The van der Waals surface area contributed by atoms with Crippen LogP contribution in [0, 0.1) is 57.2 Å². The van der Waals surface area contributed by atoms with Crippen molar-refractivity contribution in [2.45, 2.75) is 111 Å². The Morgan fingerprint density at radius 1 is 0.973 bits per heavy atom. The van der Waals surface area contributed by atoms with Gasteiger partial charge in [0.15, 0.2) is 0 Å². The topological polar surface area (TPSA) is 87.0 Å². The van der Waals surface area contributed by atoms with Gasteiger partial charge >= 0.3 is 5.97 Å². The van der Waals surface area contributed by atoms with Gasteiger partial charge in [0.2, 0.25) is 0 Å². The van der Waals surface area contributed by atoms with Crippen molar-refractivity contribution in [1.82, 2.24) is 0 Å². The Balaban J connectivity index is 1.50. The van der Waals surface area contributed by atoms with Crippen molar-refractivity contribution in [1.29, 1.82) is 0 Å². The first-order valence-electron chi connectivity index (χ1n) is 15.2. The molecule has 0 radical (unpaired) electrons. The summed E-state index contributed by atoms with van der Waals surface area (Å²) >= 11 is 0. The van der Waals surface area contributed by atoms with E-state index >= 15 is 0 Å². The van der Waals surface area contributed by atoms with Crippen LogP contribution >= 0.6 is 0 Å². The van der Waals surface area contributed by atoms with Crippen LogP contribution in [0.2, 0.25) is 0 Å². The number of carbonyl (C=O) groups excluding carboxylic acids is 1. The van der Waals surface area contributed by atoms with Crippen molar-refractivity contribution in [3.8, 4) is 0 Å². The van der Waals surface area contributed by atoms with Crippen LogP contribution in [0.25, 0.3) is 0 Å². The molecular weight excluding hydrogens is 464 g/mol. The van der Waals surface area contributed by atoms with Gasteiger partial charge in [0.25, 0.3) is 0 Å². The average Bonchev–Trinajstić information content (AvgIpc) is 3.26. The minimum atomic E-state index is -1.02. The highest BCUT2D eigenvalue weighted by molar-refractivity contribution is 5.78. The molecule has 12 atom stereocenters. The number of rotatable bonds is 5. The highest BCUT2D eigenvalue weighted by Crippen LogP contribution is 2.76. The van der Waals surface area contributed by atoms with E-state index in [4.69, 9.17) is 4.74 Å². The first-order chi connectivity index (χ1) is 17.4. The van der Waals surface area contributed by atoms with E-state index in [0.29, 0.717) is 29.6 Å². The molecule has 0 spiro atoms. The zero-order chi connectivity index (χ0) is 27.0. The van der Waals surface area contributed by atoms with Crippen LogP contribution in [0.3, 0.4) is 0 Å². The maximum atomic E-state index is 13.8. The summed E-state index contributed by atoms with van der Waals surface area (Å²) in [6.45, 7) is 16.0. The lowest BCUT2D eigenvalue weighted by Crippen LogP contribution is -2.66. The molecule has 0 aromatic carbocycles. The Morgan fingerprint density at radius 3 is 2.38 bits per heavy atom. The fraction of sp³-hybridized carbons (Fsp3) is 0.906. The molecule has 0 aromatic heterocycles. The number of carbonyl (C=O) groups is 1. The summed E-state index contributed by atoms with van der Waals surface area (Å²) in [7, 11) is 0. The lowest BCUT2D eigenvalue weighted by atomic mass is 9.33. The molecular formula is C32H52O5. The molecule has 0 saturated heterocycles. The largest absolute Gasteiger partial charge is 0.462 e. The third kappa shape index (κ3) is 3.76. The van der Waals surface area contributed by atoms with Crippen molar-refractivity contribution in [3.63, 3.8) is 0 Å². The number of aliphatic hydroxyl groups is 3. The number of aliphatic hydroxyl groups excluding tert-OH is 3. The van der Waals surface area contributed by atoms with E-state index in [-0.39, 0.29) is 40.8 Å². The van der Waals surface area contributed by atoms with E-state index in [1.165, 1.54) is 24.8 Å². The first-order valence-corrected chi connectivity index (χ1v) is 15.2. The van der Waals surface area contributed by atoms with Gasteiger partial charge in [-0.1, -0.05) is 39.8 Å². The van der Waals surface area contributed by atoms with Gasteiger partial charge in [0, 0.05) is 0 Å². The molecule has 3 N–H and O–H groups in total. The Hall–Kier alpha value is -0.910. The zero-order valence-corrected chi connectivity index (χ0v) is 24.0. The zero-order valence-electron chi connectivity index (χ0n) is 24.0. The molecule has 0 aliphatic heterocycles. The minimum absolute atomic E-state index is 0.132. The molecule has 37 heavy (non-hydrogen) atoms. The summed E-state index contributed by atoms with van der Waals surface area (Å²) in [4.78, 5) is 13.8. The van der Waals surface area contributed by atoms with Crippen LogP contribution in [0.15, 0.2) is 12.2 Å². The number of hydrogen-bond donors (Lipinski definition) is 3. The van der Waals surface area contributed by atoms with E-state index in [2.05, 4.69) is 41.2 Å². The Bertz CT molecular complexity index is 917. The van der Waals surface area contributed by atoms with E-state index < -0.39 is 18.1 Å². The lowest BCUT2D eigenvalue weighted by molar-refractivity contribution is -0.237. The Morgan fingerprint density at radius 2 is 1.70 bits per heavy atom. The summed E-state index contributed by atoms with van der Waals surface area (Å²) in [5.74, 6) is 2.48. The first kappa shape index (κ1) is 27.6. The molecule has 6 unspecified atom stereocenters. The van der Waals surface area contributed by atoms with Gasteiger partial charge in [-0.2, -0.15) is 0 Å². The molecule has 5 saturated carbocycles. The second-order valence-electron chi connectivity index (χ2n) is 14.8. The van der Waals surface area contributed by atoms with Crippen molar-refractivity contribution < 1.29 is 24.9 Å². The van der Waals surface area contributed by atoms with E-state index in [9.17, 15) is 20.1 Å². The third-order valence-corrected chi connectivity index (χ3v) is 13.7. The maximum absolute atomic E-state index is 13.8. The second-order valence-corrected chi connectivity index (χ2v) is 14.8. The predicted molar refractivity (Wildman–Crippen MR) is 144 cm³/mol. The van der Waals surface area contributed by atoms with Crippen LogP contribution in [0.1, 0.15) is 98.8 Å². The van der Waals surface area contributed by atoms with Gasteiger partial charge in [-0.3, -0.25) is 4.79 Å². The smallest absolute Gasteiger partial charge is 0.312 e. The van der Waals surface area contributed by atoms with Crippen molar-refractivity contribution >= 4 is 5.97 Å². The molecule has 5 heteroatoms. The summed E-state index contributed by atoms with van der Waals surface area (Å²) in [6.07, 6.45) is 9.37. The predicted octanol–water partition coefficient (Wildman–Crippen LogP) is 5.51. The number of allylic oxidation sites excluding steroid dienone is 1. The molecule has 5 rings (SSSR count). The van der Waals surface area contributed by atoms with E-state index in [0.717, 1.165) is 44.9 Å². The molecule has 5 fully saturated rings. The number of esters is 1. The van der Waals surface area contributed by atoms with Gasteiger partial charge in [0.05, 0.1) is 18.1 Å². The quantitative estimate of drug-likeness (QED) is 0.331. The molecule has 0 bridgehead atoms. The molecule has 0 heterocycles. The van der Waals surface area contributed by atoms with Gasteiger partial charge in [-0.05, 0) is 123 Å². The monoisotopic (exact) mass is 516 g/mol. The summed E-state index contributed by atoms with van der Waals surface area (Å²) in [5, 5.41) is 29.8. The molecule has 5 aliphatic carbocycles. The van der Waals surface area contributed by atoms with E-state index in [1.807, 2.05) is 0 Å². The fourth-order valence-corrected chi connectivity index (χ4v) is 11.5. The van der Waals surface area contributed by atoms with Gasteiger partial charge < -0.3 is 20.1 Å². The van der Waals surface area contributed by atoms with Crippen LogP contribution in [0.4, 0.5) is 0 Å². The van der Waals surface area contributed by atoms with Crippen molar-refractivity contribution in [2.75, 3.05) is 13.2 Å². The van der Waals surface area contributed by atoms with Gasteiger partial charge in [-0.15, -0.1) is 0 Å². The average molecular weight is 517 g/mol. The molecule has 0 amide bonds. The Kier molecular flexibility index (Phi) is 6.98. The van der Waals surface area contributed by atoms with Crippen LogP contribution in [-0.4, -0.2) is 46.7 Å². The standard InChI is InChI=1S/C32H52O5/c1-19(2)22-9-14-32(28(36)37-18-21(34)17-33)16-15-30(5)24(27(22)32)7-8-26-29(4)12-11-25(35)20(3)23(29)10-13-31(26,30)6/h20-27,33-35H,1,7-18H2,2-6H3/t20-,21?,22?,23?,24?,25+,26?,27?,29+,30-,31-,32+/m1/s1. The highest BCUT2D eigenvalue weighted by Gasteiger charge is 2.71. The van der Waals surface area contributed by atoms with Crippen LogP contribution < -0.4 is 0 Å².